The lowest BCUT2D eigenvalue weighted by Gasteiger charge is -2.10. The largest absolute Gasteiger partial charge is 0.398 e. The smallest absolute Gasteiger partial charge is 0.180 e. The summed E-state index contributed by atoms with van der Waals surface area (Å²) in [5, 5.41) is 46.4. The van der Waals surface area contributed by atoms with E-state index in [-0.39, 0.29) is 0 Å². The van der Waals surface area contributed by atoms with Crippen molar-refractivity contribution in [1.82, 2.24) is 0 Å². The van der Waals surface area contributed by atoms with Crippen molar-refractivity contribution < 1.29 is 48.3 Å². The second-order valence-electron chi connectivity index (χ2n) is 9.18. The number of rotatable bonds is 3. The highest BCUT2D eigenvalue weighted by molar-refractivity contribution is 6.10. The maximum Gasteiger partial charge on any atom is 0.180 e. The van der Waals surface area contributed by atoms with Crippen molar-refractivity contribution in [2.45, 2.75) is 6.92 Å². The molecule has 3 aromatic carbocycles. The van der Waals surface area contributed by atoms with E-state index < -0.39 is 136 Å². The molecule has 1 saturated carbocycles. The predicted octanol–water partition coefficient (Wildman–Crippen LogP) is 6.78. The highest BCUT2D eigenvalue weighted by Crippen LogP contribution is 2.56. The van der Waals surface area contributed by atoms with Gasteiger partial charge in [-0.25, -0.2) is 48.3 Å². The molecule has 232 valence electrons. The van der Waals surface area contributed by atoms with Crippen LogP contribution in [0.3, 0.4) is 0 Å². The molecule has 0 aliphatic heterocycles. The van der Waals surface area contributed by atoms with Crippen LogP contribution in [0.25, 0.3) is 16.8 Å². The molecular weight excluding hydrogens is 653 g/mol. The summed E-state index contributed by atoms with van der Waals surface area (Å²) in [6.45, 7) is 0.764. The Morgan fingerprint density at radius 1 is 0.426 bits per heavy atom. The van der Waals surface area contributed by atoms with Crippen LogP contribution in [0.5, 0.6) is 0 Å². The van der Waals surface area contributed by atoms with Gasteiger partial charge in [0, 0.05) is 22.3 Å². The molecule has 1 fully saturated rings. The number of nitrogens with two attached hydrogens (primary N) is 1. The normalized spacial score (nSPS) is 14.0. The Kier molecular flexibility index (Phi) is 8.28. The molecule has 1 aliphatic rings. The number of benzene rings is 3. The van der Waals surface area contributed by atoms with Gasteiger partial charge in [0.05, 0.1) is 39.1 Å². The summed E-state index contributed by atoms with van der Waals surface area (Å²) < 4.78 is 163. The summed E-state index contributed by atoms with van der Waals surface area (Å²) in [7, 11) is 0. The van der Waals surface area contributed by atoms with Crippen LogP contribution in [0.4, 0.5) is 48.3 Å². The van der Waals surface area contributed by atoms with Crippen molar-refractivity contribution in [3.8, 4) is 30.3 Å². The Bertz CT molecular complexity index is 2130. The topological polar surface area (TPSA) is 145 Å². The van der Waals surface area contributed by atoms with Gasteiger partial charge in [-0.15, -0.1) is 0 Å². The van der Waals surface area contributed by atoms with Crippen LogP contribution in [0.15, 0.2) is 16.7 Å². The van der Waals surface area contributed by atoms with E-state index in [2.05, 4.69) is 0 Å². The number of hydrogen-bond donors (Lipinski definition) is 1. The first-order valence-electron chi connectivity index (χ1n) is 12.0. The fourth-order valence-corrected chi connectivity index (χ4v) is 4.60. The highest BCUT2D eigenvalue weighted by atomic mass is 19.2. The van der Waals surface area contributed by atoms with Gasteiger partial charge in [0.25, 0.3) is 0 Å². The maximum atomic E-state index is 15.3. The number of halogens is 11. The molecule has 3 aromatic rings. The van der Waals surface area contributed by atoms with Crippen LogP contribution in [-0.4, -0.2) is 0 Å². The number of hydrogen-bond acceptors (Lipinski definition) is 6. The van der Waals surface area contributed by atoms with Crippen molar-refractivity contribution in [3.63, 3.8) is 0 Å². The van der Waals surface area contributed by atoms with Crippen molar-refractivity contribution in [2.75, 3.05) is 0 Å². The lowest BCUT2D eigenvalue weighted by atomic mass is 9.99. The average molecular weight is 658 g/mol. The fourth-order valence-electron chi connectivity index (χ4n) is 4.60. The van der Waals surface area contributed by atoms with Gasteiger partial charge < -0.3 is 5.73 Å². The molecule has 4 rings (SSSR count). The maximum absolute atomic E-state index is 15.3. The summed E-state index contributed by atoms with van der Waals surface area (Å²) in [6.07, 6.45) is 0. The van der Waals surface area contributed by atoms with Crippen LogP contribution >= 0.6 is 0 Å². The third-order valence-corrected chi connectivity index (χ3v) is 6.87. The summed E-state index contributed by atoms with van der Waals surface area (Å²) in [5.74, 6) is -25.2. The molecule has 17 heteroatoms. The zero-order valence-electron chi connectivity index (χ0n) is 22.5. The van der Waals surface area contributed by atoms with E-state index in [1.165, 1.54) is 0 Å². The Morgan fingerprint density at radius 2 is 0.723 bits per heavy atom. The molecule has 0 unspecified atom stereocenters. The Morgan fingerprint density at radius 3 is 1.02 bits per heavy atom. The zero-order valence-corrected chi connectivity index (χ0v) is 22.5. The molecule has 0 spiro atoms. The van der Waals surface area contributed by atoms with Gasteiger partial charge in [0.15, 0.2) is 58.2 Å². The molecule has 0 aromatic heterocycles. The van der Waals surface area contributed by atoms with Crippen molar-refractivity contribution in [2.24, 2.45) is 5.73 Å². The SMILES string of the molecule is Cc1c(F)c(C(N)=C2C(=C(C#N)c3c(F)c(F)c(C#N)c(F)c3F)C2=C(C#N)c2c(F)c(F)c(C#N)c(F)c2F)c(F)c(F)c1C#N. The second kappa shape index (κ2) is 11.7. The van der Waals surface area contributed by atoms with Crippen LogP contribution in [-0.2, 0) is 0 Å². The molecule has 0 saturated heterocycles. The first-order valence-corrected chi connectivity index (χ1v) is 12.0. The molecule has 0 radical (unpaired) electrons. The molecule has 0 atom stereocenters. The van der Waals surface area contributed by atoms with Crippen molar-refractivity contribution in [3.05, 3.63) is 120 Å². The zero-order chi connectivity index (χ0) is 35.4. The highest BCUT2D eigenvalue weighted by Gasteiger charge is 2.45. The van der Waals surface area contributed by atoms with Crippen LogP contribution in [0.1, 0.15) is 38.9 Å². The van der Waals surface area contributed by atoms with E-state index in [9.17, 15) is 32.5 Å². The van der Waals surface area contributed by atoms with Crippen LogP contribution in [0, 0.1) is 128 Å². The van der Waals surface area contributed by atoms with Gasteiger partial charge in [0.1, 0.15) is 47.3 Å². The van der Waals surface area contributed by atoms with Gasteiger partial charge in [-0.3, -0.25) is 0 Å². The lowest BCUT2D eigenvalue weighted by Crippen LogP contribution is -2.10. The van der Waals surface area contributed by atoms with Crippen molar-refractivity contribution >= 4 is 16.8 Å². The monoisotopic (exact) mass is 658 g/mol. The van der Waals surface area contributed by atoms with Gasteiger partial charge in [0.2, 0.25) is 0 Å². The summed E-state index contributed by atoms with van der Waals surface area (Å²) in [6, 6.07) is 4.91. The minimum absolute atomic E-state index is 0.764. The standard InChI is InChI=1S/C30H5F11N6/c1-7-8(2-42)20(32)29(41)18(19(7)31)30(47)17-13(9(3-43)15-25(37)21(33)11(5-45)22(34)26(15)38)14(17)10(4-44)16-27(39)23(35)12(6-46)24(36)28(16)40/h47H2,1H3. The minimum Gasteiger partial charge on any atom is -0.398 e. The number of nitriles is 5. The predicted molar refractivity (Wildman–Crippen MR) is 134 cm³/mol. The molecule has 0 bridgehead atoms. The van der Waals surface area contributed by atoms with Gasteiger partial charge in [-0.05, 0) is 6.92 Å². The third-order valence-electron chi connectivity index (χ3n) is 6.87. The van der Waals surface area contributed by atoms with E-state index in [0.717, 1.165) is 37.3 Å². The summed E-state index contributed by atoms with van der Waals surface area (Å²) >= 11 is 0. The summed E-state index contributed by atoms with van der Waals surface area (Å²) in [4.78, 5) is 0. The van der Waals surface area contributed by atoms with Crippen molar-refractivity contribution in [1.29, 1.82) is 26.3 Å². The third kappa shape index (κ3) is 4.59. The van der Waals surface area contributed by atoms with E-state index in [4.69, 9.17) is 21.5 Å². The second-order valence-corrected chi connectivity index (χ2v) is 9.18. The number of nitrogens with zero attached hydrogens (tertiary/aromatic N) is 5. The van der Waals surface area contributed by atoms with E-state index in [0.29, 0.717) is 0 Å². The molecule has 2 N–H and O–H groups in total. The fraction of sp³-hybridized carbons (Fsp3) is 0.0333. The molecular formula is C30H5F11N6. The van der Waals surface area contributed by atoms with Crippen LogP contribution in [0.2, 0.25) is 0 Å². The Hall–Kier alpha value is -6.64. The first kappa shape index (κ1) is 33.3. The van der Waals surface area contributed by atoms with E-state index >= 15 is 26.3 Å². The van der Waals surface area contributed by atoms with Crippen LogP contribution < -0.4 is 5.73 Å². The Labute approximate surface area is 254 Å². The van der Waals surface area contributed by atoms with Gasteiger partial charge in [-0.2, -0.15) is 26.3 Å². The molecule has 6 nitrogen and oxygen atoms in total. The van der Waals surface area contributed by atoms with E-state index in [1.807, 2.05) is 0 Å². The molecule has 0 amide bonds. The molecule has 47 heavy (non-hydrogen) atoms. The quantitative estimate of drug-likeness (QED) is 0.187. The summed E-state index contributed by atoms with van der Waals surface area (Å²) in [5.41, 5.74) is -13.6. The van der Waals surface area contributed by atoms with E-state index in [1.54, 1.807) is 0 Å². The average Bonchev–Trinajstić information content (AvgIpc) is 3.77. The lowest BCUT2D eigenvalue weighted by molar-refractivity contribution is 0.446. The first-order chi connectivity index (χ1) is 22.1. The molecule has 1 aliphatic carbocycles. The molecule has 0 heterocycles. The van der Waals surface area contributed by atoms with Gasteiger partial charge >= 0.3 is 0 Å². The van der Waals surface area contributed by atoms with Gasteiger partial charge in [-0.1, -0.05) is 0 Å². The Balaban J connectivity index is 2.33. The number of allylic oxidation sites excluding steroid dienone is 5. The minimum atomic E-state index is -2.43.